The van der Waals surface area contributed by atoms with Gasteiger partial charge in [0.15, 0.2) is 0 Å². The van der Waals surface area contributed by atoms with Crippen LogP contribution in [0.5, 0.6) is 0 Å². The third-order valence-corrected chi connectivity index (χ3v) is 3.45. The molecule has 2 atom stereocenters. The molecule has 6 nitrogen and oxygen atoms in total. The number of carboxylic acids is 1. The average molecular weight is 270 g/mol. The molecule has 0 spiro atoms. The topological polar surface area (TPSA) is 86.7 Å². The summed E-state index contributed by atoms with van der Waals surface area (Å²) in [4.78, 5) is 35.7. The Bertz CT molecular complexity index is 357. The van der Waals surface area contributed by atoms with E-state index in [4.69, 9.17) is 5.11 Å². The van der Waals surface area contributed by atoms with Crippen LogP contribution in [0.15, 0.2) is 0 Å². The molecule has 0 aromatic heterocycles. The van der Waals surface area contributed by atoms with E-state index >= 15 is 0 Å². The standard InChI is InChI=1S/C13H22N2O4/c1-3-14-11(16)5-4-6-12(17)15-7-9(2)10(8-15)13(18)19/h9-10H,3-8H2,1-2H3,(H,14,16)(H,18,19)/t9-,10-/m1/s1. The zero-order valence-electron chi connectivity index (χ0n) is 11.5. The Morgan fingerprint density at radius 1 is 1.26 bits per heavy atom. The van der Waals surface area contributed by atoms with Crippen molar-refractivity contribution >= 4 is 17.8 Å². The second-order valence-electron chi connectivity index (χ2n) is 5.03. The summed E-state index contributed by atoms with van der Waals surface area (Å²) < 4.78 is 0. The lowest BCUT2D eigenvalue weighted by Gasteiger charge is -2.15. The van der Waals surface area contributed by atoms with Crippen LogP contribution >= 0.6 is 0 Å². The first-order chi connectivity index (χ1) is 8.95. The molecule has 1 saturated heterocycles. The second-order valence-corrected chi connectivity index (χ2v) is 5.03. The lowest BCUT2D eigenvalue weighted by atomic mass is 9.99. The molecule has 19 heavy (non-hydrogen) atoms. The first-order valence-corrected chi connectivity index (χ1v) is 6.73. The van der Waals surface area contributed by atoms with Gasteiger partial charge in [0.1, 0.15) is 0 Å². The SMILES string of the molecule is CCNC(=O)CCCC(=O)N1C[C@@H](C)[C@H](C(=O)O)C1. The Morgan fingerprint density at radius 3 is 2.47 bits per heavy atom. The predicted molar refractivity (Wildman–Crippen MR) is 69.4 cm³/mol. The van der Waals surface area contributed by atoms with Crippen LogP contribution in [0.1, 0.15) is 33.1 Å². The zero-order valence-corrected chi connectivity index (χ0v) is 11.5. The lowest BCUT2D eigenvalue weighted by molar-refractivity contribution is -0.142. The number of likely N-dealkylation sites (tertiary alicyclic amines) is 1. The third kappa shape index (κ3) is 4.54. The maximum absolute atomic E-state index is 11.9. The van der Waals surface area contributed by atoms with Gasteiger partial charge in [-0.2, -0.15) is 0 Å². The summed E-state index contributed by atoms with van der Waals surface area (Å²) in [6.45, 7) is 5.08. The van der Waals surface area contributed by atoms with Gasteiger partial charge in [0.25, 0.3) is 0 Å². The number of hydrogen-bond acceptors (Lipinski definition) is 3. The maximum atomic E-state index is 11.9. The summed E-state index contributed by atoms with van der Waals surface area (Å²) in [5, 5.41) is 11.7. The first-order valence-electron chi connectivity index (χ1n) is 6.73. The molecule has 1 heterocycles. The predicted octanol–water partition coefficient (Wildman–Crippen LogP) is 0.472. The average Bonchev–Trinajstić information content (AvgIpc) is 2.71. The normalized spacial score (nSPS) is 22.3. The van der Waals surface area contributed by atoms with Gasteiger partial charge in [-0.25, -0.2) is 0 Å². The summed E-state index contributed by atoms with van der Waals surface area (Å²) in [7, 11) is 0. The van der Waals surface area contributed by atoms with E-state index in [0.29, 0.717) is 32.4 Å². The van der Waals surface area contributed by atoms with Crippen LogP contribution in [0.3, 0.4) is 0 Å². The number of aliphatic carboxylic acids is 1. The quantitative estimate of drug-likeness (QED) is 0.734. The Kier molecular flexibility index (Phi) is 5.79. The smallest absolute Gasteiger partial charge is 0.308 e. The molecule has 0 aliphatic carbocycles. The fourth-order valence-corrected chi connectivity index (χ4v) is 2.34. The van der Waals surface area contributed by atoms with Gasteiger partial charge < -0.3 is 15.3 Å². The van der Waals surface area contributed by atoms with Gasteiger partial charge in [0, 0.05) is 32.5 Å². The molecule has 2 amide bonds. The van der Waals surface area contributed by atoms with E-state index < -0.39 is 11.9 Å². The molecule has 0 aromatic rings. The van der Waals surface area contributed by atoms with Crippen LogP contribution in [0.2, 0.25) is 0 Å². The van der Waals surface area contributed by atoms with Gasteiger partial charge in [-0.15, -0.1) is 0 Å². The van der Waals surface area contributed by atoms with E-state index in [9.17, 15) is 14.4 Å². The van der Waals surface area contributed by atoms with Crippen LogP contribution in [-0.2, 0) is 14.4 Å². The summed E-state index contributed by atoms with van der Waals surface area (Å²) in [5.41, 5.74) is 0. The highest BCUT2D eigenvalue weighted by Gasteiger charge is 2.36. The van der Waals surface area contributed by atoms with Crippen LogP contribution in [-0.4, -0.2) is 47.4 Å². The summed E-state index contributed by atoms with van der Waals surface area (Å²) >= 11 is 0. The van der Waals surface area contributed by atoms with Crippen molar-refractivity contribution < 1.29 is 19.5 Å². The van der Waals surface area contributed by atoms with Gasteiger partial charge in [0.05, 0.1) is 5.92 Å². The summed E-state index contributed by atoms with van der Waals surface area (Å²) in [6, 6.07) is 0. The Labute approximate surface area is 113 Å². The largest absolute Gasteiger partial charge is 0.481 e. The molecule has 1 rings (SSSR count). The van der Waals surface area contributed by atoms with Crippen molar-refractivity contribution in [2.24, 2.45) is 11.8 Å². The summed E-state index contributed by atoms with van der Waals surface area (Å²) in [5.74, 6) is -1.42. The minimum absolute atomic E-state index is 0.00941. The van der Waals surface area contributed by atoms with Crippen molar-refractivity contribution in [1.29, 1.82) is 0 Å². The lowest BCUT2D eigenvalue weighted by Crippen LogP contribution is -2.30. The number of rotatable bonds is 6. The number of carboxylic acid groups (broad SMARTS) is 1. The van der Waals surface area contributed by atoms with Crippen LogP contribution in [0.4, 0.5) is 0 Å². The summed E-state index contributed by atoms with van der Waals surface area (Å²) in [6.07, 6.45) is 1.15. The van der Waals surface area contributed by atoms with Crippen LogP contribution in [0, 0.1) is 11.8 Å². The second kappa shape index (κ2) is 7.11. The molecule has 0 unspecified atom stereocenters. The molecule has 1 aliphatic rings. The maximum Gasteiger partial charge on any atom is 0.308 e. The highest BCUT2D eigenvalue weighted by Crippen LogP contribution is 2.23. The molecule has 0 saturated carbocycles. The highest BCUT2D eigenvalue weighted by atomic mass is 16.4. The molecule has 1 aliphatic heterocycles. The molecule has 0 aromatic carbocycles. The van der Waals surface area contributed by atoms with Crippen LogP contribution < -0.4 is 5.32 Å². The highest BCUT2D eigenvalue weighted by molar-refractivity contribution is 5.80. The minimum atomic E-state index is -0.842. The molecule has 2 N–H and O–H groups in total. The van der Waals surface area contributed by atoms with E-state index in [1.807, 2.05) is 13.8 Å². The molecule has 108 valence electrons. The van der Waals surface area contributed by atoms with Crippen molar-refractivity contribution in [2.75, 3.05) is 19.6 Å². The van der Waals surface area contributed by atoms with Crippen molar-refractivity contribution in [3.8, 4) is 0 Å². The number of hydrogen-bond donors (Lipinski definition) is 2. The van der Waals surface area contributed by atoms with E-state index in [1.165, 1.54) is 0 Å². The molecule has 6 heteroatoms. The van der Waals surface area contributed by atoms with Gasteiger partial charge in [0.2, 0.25) is 11.8 Å². The Hall–Kier alpha value is -1.59. The number of carbonyl (C=O) groups is 3. The number of carbonyl (C=O) groups excluding carboxylic acids is 2. The van der Waals surface area contributed by atoms with E-state index in [-0.39, 0.29) is 24.3 Å². The Balaban J connectivity index is 2.31. The van der Waals surface area contributed by atoms with Gasteiger partial charge in [-0.1, -0.05) is 6.92 Å². The van der Waals surface area contributed by atoms with Crippen molar-refractivity contribution in [3.63, 3.8) is 0 Å². The zero-order chi connectivity index (χ0) is 14.4. The molecular formula is C13H22N2O4. The molecular weight excluding hydrogens is 248 g/mol. The van der Waals surface area contributed by atoms with Crippen LogP contribution in [0.25, 0.3) is 0 Å². The van der Waals surface area contributed by atoms with Crippen molar-refractivity contribution in [3.05, 3.63) is 0 Å². The number of nitrogens with one attached hydrogen (secondary N) is 1. The fraction of sp³-hybridized carbons (Fsp3) is 0.769. The van der Waals surface area contributed by atoms with Gasteiger partial charge >= 0.3 is 5.97 Å². The minimum Gasteiger partial charge on any atom is -0.481 e. The number of amides is 2. The molecule has 0 radical (unpaired) electrons. The van der Waals surface area contributed by atoms with Gasteiger partial charge in [-0.3, -0.25) is 14.4 Å². The van der Waals surface area contributed by atoms with Crippen molar-refractivity contribution in [2.45, 2.75) is 33.1 Å². The molecule has 1 fully saturated rings. The van der Waals surface area contributed by atoms with E-state index in [0.717, 1.165) is 0 Å². The van der Waals surface area contributed by atoms with Gasteiger partial charge in [-0.05, 0) is 19.3 Å². The van der Waals surface area contributed by atoms with E-state index in [2.05, 4.69) is 5.32 Å². The fourth-order valence-electron chi connectivity index (χ4n) is 2.34. The number of nitrogens with zero attached hydrogens (tertiary/aromatic N) is 1. The first kappa shape index (κ1) is 15.5. The molecule has 0 bridgehead atoms. The third-order valence-electron chi connectivity index (χ3n) is 3.45. The van der Waals surface area contributed by atoms with Crippen molar-refractivity contribution in [1.82, 2.24) is 10.2 Å². The van der Waals surface area contributed by atoms with E-state index in [1.54, 1.807) is 4.90 Å². The Morgan fingerprint density at radius 2 is 1.95 bits per heavy atom. The monoisotopic (exact) mass is 270 g/mol.